The highest BCUT2D eigenvalue weighted by atomic mass is 19.1. The molecule has 3 aromatic rings. The first-order chi connectivity index (χ1) is 12.9. The maximum absolute atomic E-state index is 15.6. The summed E-state index contributed by atoms with van der Waals surface area (Å²) in [5.74, 6) is -0.854. The van der Waals surface area contributed by atoms with Gasteiger partial charge in [0.05, 0.1) is 0 Å². The molecule has 0 aliphatic heterocycles. The van der Waals surface area contributed by atoms with Crippen LogP contribution in [-0.4, -0.2) is 11.0 Å². The van der Waals surface area contributed by atoms with Crippen molar-refractivity contribution >= 4 is 5.91 Å². The van der Waals surface area contributed by atoms with E-state index in [0.717, 1.165) is 17.5 Å². The number of phenols is 1. The first kappa shape index (κ1) is 18.6. The van der Waals surface area contributed by atoms with Crippen LogP contribution in [0.4, 0.5) is 4.39 Å². The lowest BCUT2D eigenvalue weighted by molar-refractivity contribution is 0.100. The molecule has 0 saturated heterocycles. The molecule has 1 amide bonds. The zero-order valence-corrected chi connectivity index (χ0v) is 15.4. The highest BCUT2D eigenvalue weighted by Gasteiger charge is 2.23. The quantitative estimate of drug-likeness (QED) is 0.652. The molecule has 0 fully saturated rings. The van der Waals surface area contributed by atoms with E-state index in [1.54, 1.807) is 18.2 Å². The van der Waals surface area contributed by atoms with Crippen molar-refractivity contribution in [2.24, 2.45) is 5.73 Å². The molecule has 138 valence electrons. The number of hydrogen-bond acceptors (Lipinski definition) is 2. The largest absolute Gasteiger partial charge is 0.508 e. The fourth-order valence-electron chi connectivity index (χ4n) is 3.39. The van der Waals surface area contributed by atoms with Crippen LogP contribution in [0.25, 0.3) is 22.3 Å². The summed E-state index contributed by atoms with van der Waals surface area (Å²) in [5.41, 5.74) is 9.55. The summed E-state index contributed by atoms with van der Waals surface area (Å²) in [6.07, 6.45) is 1.25. The fourth-order valence-corrected chi connectivity index (χ4v) is 3.39. The number of amides is 1. The van der Waals surface area contributed by atoms with Gasteiger partial charge in [0.15, 0.2) is 0 Å². The molecule has 0 heterocycles. The zero-order valence-electron chi connectivity index (χ0n) is 15.4. The fraction of sp³-hybridized carbons (Fsp3) is 0.174. The topological polar surface area (TPSA) is 63.3 Å². The van der Waals surface area contributed by atoms with E-state index >= 15 is 4.39 Å². The van der Waals surface area contributed by atoms with Crippen molar-refractivity contribution in [2.75, 3.05) is 0 Å². The van der Waals surface area contributed by atoms with Crippen LogP contribution in [-0.2, 0) is 6.42 Å². The molecule has 3 N–H and O–H groups in total. The number of primary amides is 1. The van der Waals surface area contributed by atoms with Crippen molar-refractivity contribution in [3.05, 3.63) is 77.1 Å². The van der Waals surface area contributed by atoms with Gasteiger partial charge in [-0.05, 0) is 53.8 Å². The number of hydrogen-bond donors (Lipinski definition) is 2. The Morgan fingerprint density at radius 3 is 2.33 bits per heavy atom. The molecule has 4 heteroatoms. The van der Waals surface area contributed by atoms with Gasteiger partial charge in [-0.15, -0.1) is 0 Å². The second kappa shape index (κ2) is 7.62. The minimum Gasteiger partial charge on any atom is -0.508 e. The summed E-state index contributed by atoms with van der Waals surface area (Å²) in [7, 11) is 0. The van der Waals surface area contributed by atoms with Gasteiger partial charge in [-0.1, -0.05) is 49.7 Å². The third kappa shape index (κ3) is 3.56. The standard InChI is InChI=1S/C23H22FNO2/c1-3-6-16-13-19(23(25)27)21(18-8-5-4-7-14(18)2)20(22(16)24)15-9-11-17(26)12-10-15/h4-5,7-13,26H,3,6H2,1-2H3,(H2,25,27). The van der Waals surface area contributed by atoms with Crippen LogP contribution in [0.2, 0.25) is 0 Å². The molecule has 3 aromatic carbocycles. The predicted octanol–water partition coefficient (Wildman–Crippen LogP) is 5.23. The molecule has 0 radical (unpaired) electrons. The van der Waals surface area contributed by atoms with Crippen LogP contribution >= 0.6 is 0 Å². The number of halogens is 1. The number of phenolic OH excluding ortho intramolecular Hbond substituents is 1. The van der Waals surface area contributed by atoms with Crippen molar-refractivity contribution in [1.29, 1.82) is 0 Å². The van der Waals surface area contributed by atoms with E-state index in [9.17, 15) is 9.90 Å². The second-order valence-electron chi connectivity index (χ2n) is 6.62. The van der Waals surface area contributed by atoms with Crippen molar-refractivity contribution in [3.63, 3.8) is 0 Å². The Balaban J connectivity index is 2.45. The Morgan fingerprint density at radius 1 is 1.07 bits per heavy atom. The van der Waals surface area contributed by atoms with Gasteiger partial charge in [-0.3, -0.25) is 4.79 Å². The van der Waals surface area contributed by atoms with Crippen LogP contribution in [0.5, 0.6) is 5.75 Å². The predicted molar refractivity (Wildman–Crippen MR) is 106 cm³/mol. The SMILES string of the molecule is CCCc1cc(C(N)=O)c(-c2ccccc2C)c(-c2ccc(O)cc2)c1F. The van der Waals surface area contributed by atoms with Crippen LogP contribution in [0.1, 0.15) is 34.8 Å². The van der Waals surface area contributed by atoms with E-state index in [1.165, 1.54) is 12.1 Å². The third-order valence-electron chi connectivity index (χ3n) is 4.69. The number of benzene rings is 3. The zero-order chi connectivity index (χ0) is 19.6. The molecule has 0 bridgehead atoms. The summed E-state index contributed by atoms with van der Waals surface area (Å²) in [6.45, 7) is 3.87. The molecule has 3 rings (SSSR count). The molecular weight excluding hydrogens is 341 g/mol. The Labute approximate surface area is 158 Å². The maximum Gasteiger partial charge on any atom is 0.249 e. The summed E-state index contributed by atoms with van der Waals surface area (Å²) in [5, 5.41) is 9.62. The number of aromatic hydroxyl groups is 1. The van der Waals surface area contributed by atoms with Gasteiger partial charge in [0, 0.05) is 16.7 Å². The first-order valence-corrected chi connectivity index (χ1v) is 8.94. The maximum atomic E-state index is 15.6. The van der Waals surface area contributed by atoms with Gasteiger partial charge in [0.2, 0.25) is 5.91 Å². The Hall–Kier alpha value is -3.14. The number of nitrogens with two attached hydrogens (primary N) is 1. The molecule has 3 nitrogen and oxygen atoms in total. The van der Waals surface area contributed by atoms with E-state index < -0.39 is 5.91 Å². The summed E-state index contributed by atoms with van der Waals surface area (Å²) < 4.78 is 15.6. The van der Waals surface area contributed by atoms with Crippen LogP contribution < -0.4 is 5.73 Å². The molecule has 0 aliphatic rings. The van der Waals surface area contributed by atoms with Gasteiger partial charge in [0.25, 0.3) is 0 Å². The van der Waals surface area contributed by atoms with E-state index in [1.807, 2.05) is 38.1 Å². The lowest BCUT2D eigenvalue weighted by Gasteiger charge is -2.19. The number of carbonyl (C=O) groups is 1. The second-order valence-corrected chi connectivity index (χ2v) is 6.62. The minimum absolute atomic E-state index is 0.0939. The highest BCUT2D eigenvalue weighted by Crippen LogP contribution is 2.40. The molecule has 0 atom stereocenters. The number of rotatable bonds is 5. The smallest absolute Gasteiger partial charge is 0.249 e. The molecule has 0 spiro atoms. The average Bonchev–Trinajstić information content (AvgIpc) is 2.64. The minimum atomic E-state index is -0.592. The van der Waals surface area contributed by atoms with Gasteiger partial charge in [0.1, 0.15) is 11.6 Å². The summed E-state index contributed by atoms with van der Waals surface area (Å²) in [6, 6.07) is 15.4. The monoisotopic (exact) mass is 363 g/mol. The molecule has 0 unspecified atom stereocenters. The normalized spacial score (nSPS) is 10.8. The lowest BCUT2D eigenvalue weighted by atomic mass is 9.85. The molecule has 27 heavy (non-hydrogen) atoms. The highest BCUT2D eigenvalue weighted by molar-refractivity contribution is 6.05. The Kier molecular flexibility index (Phi) is 5.26. The number of aryl methyl sites for hydroxylation is 2. The third-order valence-corrected chi connectivity index (χ3v) is 4.69. The lowest BCUT2D eigenvalue weighted by Crippen LogP contribution is -2.15. The van der Waals surface area contributed by atoms with E-state index in [2.05, 4.69) is 0 Å². The average molecular weight is 363 g/mol. The van der Waals surface area contributed by atoms with Crippen molar-refractivity contribution in [1.82, 2.24) is 0 Å². The van der Waals surface area contributed by atoms with Gasteiger partial charge in [-0.25, -0.2) is 4.39 Å². The van der Waals surface area contributed by atoms with Crippen molar-refractivity contribution in [3.8, 4) is 28.0 Å². The summed E-state index contributed by atoms with van der Waals surface area (Å²) >= 11 is 0. The van der Waals surface area contributed by atoms with Gasteiger partial charge < -0.3 is 10.8 Å². The number of carbonyl (C=O) groups excluding carboxylic acids is 1. The summed E-state index contributed by atoms with van der Waals surface area (Å²) in [4.78, 5) is 12.3. The Bertz CT molecular complexity index is 994. The van der Waals surface area contributed by atoms with Crippen LogP contribution in [0.15, 0.2) is 54.6 Å². The molecule has 0 aliphatic carbocycles. The van der Waals surface area contributed by atoms with Crippen LogP contribution in [0.3, 0.4) is 0 Å². The Morgan fingerprint density at radius 2 is 1.74 bits per heavy atom. The van der Waals surface area contributed by atoms with Gasteiger partial charge >= 0.3 is 0 Å². The van der Waals surface area contributed by atoms with E-state index in [4.69, 9.17) is 5.73 Å². The molecular formula is C23H22FNO2. The molecule has 0 saturated carbocycles. The first-order valence-electron chi connectivity index (χ1n) is 8.94. The van der Waals surface area contributed by atoms with Crippen molar-refractivity contribution < 1.29 is 14.3 Å². The van der Waals surface area contributed by atoms with E-state index in [0.29, 0.717) is 34.2 Å². The van der Waals surface area contributed by atoms with Crippen molar-refractivity contribution in [2.45, 2.75) is 26.7 Å². The van der Waals surface area contributed by atoms with Crippen LogP contribution in [0, 0.1) is 12.7 Å². The molecule has 0 aromatic heterocycles. The van der Waals surface area contributed by atoms with E-state index in [-0.39, 0.29) is 11.6 Å². The van der Waals surface area contributed by atoms with Gasteiger partial charge in [-0.2, -0.15) is 0 Å².